The van der Waals surface area contributed by atoms with Crippen molar-refractivity contribution in [1.29, 1.82) is 0 Å². The summed E-state index contributed by atoms with van der Waals surface area (Å²) >= 11 is 5.82. The van der Waals surface area contributed by atoms with Crippen LogP contribution in [0.25, 0.3) is 0 Å². The summed E-state index contributed by atoms with van der Waals surface area (Å²) in [5.74, 6) is 0.697. The third-order valence-electron chi connectivity index (χ3n) is 2.70. The second-order valence-electron chi connectivity index (χ2n) is 3.87. The Morgan fingerprint density at radius 3 is 2.67 bits per heavy atom. The summed E-state index contributed by atoms with van der Waals surface area (Å²) in [5.41, 5.74) is 1.17. The molecule has 3 atom stereocenters. The van der Waals surface area contributed by atoms with Crippen molar-refractivity contribution in [1.82, 2.24) is 5.32 Å². The van der Waals surface area contributed by atoms with Crippen LogP contribution in [0, 0.1) is 0 Å². The van der Waals surface area contributed by atoms with Gasteiger partial charge in [-0.2, -0.15) is 0 Å². The molecule has 0 bridgehead atoms. The van der Waals surface area contributed by atoms with Crippen molar-refractivity contribution in [2.75, 3.05) is 12.3 Å². The SMILES string of the molecule is CC1CNC(c2ccc(Cl)cc2)CS1=O. The molecule has 82 valence electrons. The molecule has 1 saturated heterocycles. The molecule has 1 N–H and O–H groups in total. The molecular weight excluding hydrogens is 230 g/mol. The Kier molecular flexibility index (Phi) is 3.44. The van der Waals surface area contributed by atoms with Gasteiger partial charge in [-0.05, 0) is 24.6 Å². The highest BCUT2D eigenvalue weighted by molar-refractivity contribution is 7.85. The van der Waals surface area contributed by atoms with Crippen molar-refractivity contribution < 1.29 is 4.21 Å². The molecule has 15 heavy (non-hydrogen) atoms. The lowest BCUT2D eigenvalue weighted by Crippen LogP contribution is -2.41. The lowest BCUT2D eigenvalue weighted by atomic mass is 10.1. The number of hydrogen-bond donors (Lipinski definition) is 1. The topological polar surface area (TPSA) is 29.1 Å². The van der Waals surface area contributed by atoms with E-state index in [0.29, 0.717) is 5.75 Å². The first-order chi connectivity index (χ1) is 7.16. The fraction of sp³-hybridized carbons (Fsp3) is 0.455. The molecule has 1 aliphatic heterocycles. The Labute approximate surface area is 97.5 Å². The molecule has 2 rings (SSSR count). The minimum Gasteiger partial charge on any atom is -0.308 e. The molecule has 3 unspecified atom stereocenters. The van der Waals surface area contributed by atoms with Crippen LogP contribution in [0.4, 0.5) is 0 Å². The monoisotopic (exact) mass is 243 g/mol. The van der Waals surface area contributed by atoms with Crippen LogP contribution in [0.2, 0.25) is 5.02 Å². The first-order valence-electron chi connectivity index (χ1n) is 5.03. The highest BCUT2D eigenvalue weighted by Crippen LogP contribution is 2.21. The largest absolute Gasteiger partial charge is 0.308 e. The number of nitrogens with one attached hydrogen (secondary N) is 1. The third kappa shape index (κ3) is 2.60. The van der Waals surface area contributed by atoms with E-state index in [1.807, 2.05) is 31.2 Å². The standard InChI is InChI=1S/C11H14ClNOS/c1-8-6-13-11(7-15(8)14)9-2-4-10(12)5-3-9/h2-5,8,11,13H,6-7H2,1H3. The van der Waals surface area contributed by atoms with Gasteiger partial charge in [0.05, 0.1) is 0 Å². The minimum atomic E-state index is -0.716. The molecule has 1 aromatic carbocycles. The van der Waals surface area contributed by atoms with Crippen LogP contribution in [-0.2, 0) is 10.8 Å². The average Bonchev–Trinajstić information content (AvgIpc) is 2.23. The first-order valence-corrected chi connectivity index (χ1v) is 6.79. The molecule has 2 nitrogen and oxygen atoms in total. The van der Waals surface area contributed by atoms with Gasteiger partial charge in [-0.15, -0.1) is 0 Å². The molecular formula is C11H14ClNOS. The van der Waals surface area contributed by atoms with E-state index in [0.717, 1.165) is 11.6 Å². The van der Waals surface area contributed by atoms with Gasteiger partial charge >= 0.3 is 0 Å². The van der Waals surface area contributed by atoms with Gasteiger partial charge in [0.15, 0.2) is 0 Å². The summed E-state index contributed by atoms with van der Waals surface area (Å²) < 4.78 is 11.7. The molecule has 1 aromatic rings. The summed E-state index contributed by atoms with van der Waals surface area (Å²) in [6.45, 7) is 2.83. The second-order valence-corrected chi connectivity index (χ2v) is 6.21. The van der Waals surface area contributed by atoms with Gasteiger partial charge in [0.1, 0.15) is 0 Å². The summed E-state index contributed by atoms with van der Waals surface area (Å²) in [6.07, 6.45) is 0. The van der Waals surface area contributed by atoms with E-state index in [1.54, 1.807) is 0 Å². The molecule has 0 aromatic heterocycles. The number of benzene rings is 1. The second kappa shape index (κ2) is 4.64. The fourth-order valence-electron chi connectivity index (χ4n) is 1.70. The molecule has 1 heterocycles. The van der Waals surface area contributed by atoms with Gasteiger partial charge in [0.25, 0.3) is 0 Å². The highest BCUT2D eigenvalue weighted by atomic mass is 35.5. The van der Waals surface area contributed by atoms with Crippen molar-refractivity contribution >= 4 is 22.4 Å². The van der Waals surface area contributed by atoms with Crippen LogP contribution in [0.1, 0.15) is 18.5 Å². The van der Waals surface area contributed by atoms with E-state index in [2.05, 4.69) is 5.32 Å². The predicted octanol–water partition coefficient (Wildman–Crippen LogP) is 2.12. The maximum atomic E-state index is 11.7. The van der Waals surface area contributed by atoms with Crippen LogP contribution in [0.3, 0.4) is 0 Å². The Balaban J connectivity index is 2.12. The molecule has 1 fully saturated rings. The number of hydrogen-bond acceptors (Lipinski definition) is 2. The maximum Gasteiger partial charge on any atom is 0.0445 e. The van der Waals surface area contributed by atoms with Crippen LogP contribution in [-0.4, -0.2) is 21.8 Å². The Bertz CT molecular complexity index is 365. The third-order valence-corrected chi connectivity index (χ3v) is 4.68. The van der Waals surface area contributed by atoms with Gasteiger partial charge < -0.3 is 5.32 Å². The molecule has 0 amide bonds. The highest BCUT2D eigenvalue weighted by Gasteiger charge is 2.24. The zero-order valence-electron chi connectivity index (χ0n) is 8.57. The summed E-state index contributed by atoms with van der Waals surface area (Å²) in [6, 6.07) is 7.94. The number of rotatable bonds is 1. The van der Waals surface area contributed by atoms with Crippen LogP contribution in [0.5, 0.6) is 0 Å². The van der Waals surface area contributed by atoms with E-state index in [9.17, 15) is 4.21 Å². The van der Waals surface area contributed by atoms with Crippen molar-refractivity contribution in [3.63, 3.8) is 0 Å². The first kappa shape index (κ1) is 11.1. The van der Waals surface area contributed by atoms with Crippen molar-refractivity contribution in [3.05, 3.63) is 34.9 Å². The van der Waals surface area contributed by atoms with Gasteiger partial charge in [0.2, 0.25) is 0 Å². The van der Waals surface area contributed by atoms with E-state index < -0.39 is 10.8 Å². The van der Waals surface area contributed by atoms with E-state index in [4.69, 9.17) is 11.6 Å². The average molecular weight is 244 g/mol. The summed E-state index contributed by atoms with van der Waals surface area (Å²) in [4.78, 5) is 0. The minimum absolute atomic E-state index is 0.208. The summed E-state index contributed by atoms with van der Waals surface area (Å²) in [7, 11) is -0.716. The quantitative estimate of drug-likeness (QED) is 0.819. The van der Waals surface area contributed by atoms with E-state index in [-0.39, 0.29) is 11.3 Å². The van der Waals surface area contributed by atoms with Crippen LogP contribution in [0.15, 0.2) is 24.3 Å². The molecule has 0 radical (unpaired) electrons. The molecule has 1 aliphatic rings. The lowest BCUT2D eigenvalue weighted by molar-refractivity contribution is 0.540. The molecule has 4 heteroatoms. The van der Waals surface area contributed by atoms with Gasteiger partial charge in [-0.1, -0.05) is 23.7 Å². The fourth-order valence-corrected chi connectivity index (χ4v) is 3.07. The van der Waals surface area contributed by atoms with Gasteiger partial charge in [0, 0.05) is 39.4 Å². The van der Waals surface area contributed by atoms with Crippen LogP contribution < -0.4 is 5.32 Å². The van der Waals surface area contributed by atoms with Crippen LogP contribution >= 0.6 is 11.6 Å². The van der Waals surface area contributed by atoms with Gasteiger partial charge in [-0.3, -0.25) is 4.21 Å². The van der Waals surface area contributed by atoms with Crippen molar-refractivity contribution in [3.8, 4) is 0 Å². The van der Waals surface area contributed by atoms with Crippen molar-refractivity contribution in [2.24, 2.45) is 0 Å². The Hall–Kier alpha value is -0.380. The Morgan fingerprint density at radius 2 is 2.07 bits per heavy atom. The smallest absolute Gasteiger partial charge is 0.0445 e. The lowest BCUT2D eigenvalue weighted by Gasteiger charge is -2.27. The zero-order chi connectivity index (χ0) is 10.8. The van der Waals surface area contributed by atoms with E-state index in [1.165, 1.54) is 5.56 Å². The summed E-state index contributed by atoms with van der Waals surface area (Å²) in [5, 5.41) is 4.40. The molecule has 0 aliphatic carbocycles. The van der Waals surface area contributed by atoms with Crippen molar-refractivity contribution in [2.45, 2.75) is 18.2 Å². The Morgan fingerprint density at radius 1 is 1.40 bits per heavy atom. The molecule has 0 spiro atoms. The van der Waals surface area contributed by atoms with Gasteiger partial charge in [-0.25, -0.2) is 0 Å². The maximum absolute atomic E-state index is 11.7. The predicted molar refractivity (Wildman–Crippen MR) is 64.7 cm³/mol. The van der Waals surface area contributed by atoms with E-state index >= 15 is 0 Å². The molecule has 0 saturated carbocycles. The number of halogens is 1. The zero-order valence-corrected chi connectivity index (χ0v) is 10.1. The normalized spacial score (nSPS) is 31.5.